The van der Waals surface area contributed by atoms with Crippen LogP contribution in [-0.4, -0.2) is 35.0 Å². The molecule has 2 heterocycles. The van der Waals surface area contributed by atoms with Crippen LogP contribution in [0.2, 0.25) is 0 Å². The first-order valence-corrected chi connectivity index (χ1v) is 6.42. The molecule has 1 aliphatic heterocycles. The molecule has 4 nitrogen and oxygen atoms in total. The lowest BCUT2D eigenvalue weighted by Crippen LogP contribution is -2.33. The summed E-state index contributed by atoms with van der Waals surface area (Å²) < 4.78 is 0. The third kappa shape index (κ3) is 3.40. The van der Waals surface area contributed by atoms with Gasteiger partial charge in [-0.15, -0.1) is 0 Å². The first-order valence-electron chi connectivity index (χ1n) is 6.42. The number of rotatable bonds is 3. The maximum atomic E-state index is 4.50. The summed E-state index contributed by atoms with van der Waals surface area (Å²) in [5, 5.41) is 3.08. The van der Waals surface area contributed by atoms with Gasteiger partial charge in [0, 0.05) is 18.8 Å². The second-order valence-corrected chi connectivity index (χ2v) is 5.02. The Balaban J connectivity index is 2.00. The van der Waals surface area contributed by atoms with Crippen LogP contribution in [0, 0.1) is 12.8 Å². The van der Waals surface area contributed by atoms with Crippen LogP contribution in [0.4, 0.5) is 5.82 Å². The van der Waals surface area contributed by atoms with Gasteiger partial charge in [0.25, 0.3) is 0 Å². The van der Waals surface area contributed by atoms with Gasteiger partial charge in [0.15, 0.2) is 0 Å². The van der Waals surface area contributed by atoms with Crippen LogP contribution in [0.1, 0.15) is 31.3 Å². The Bertz CT molecular complexity index is 370. The second-order valence-electron chi connectivity index (χ2n) is 5.02. The van der Waals surface area contributed by atoms with E-state index in [1.165, 1.54) is 25.9 Å². The molecule has 94 valence electrons. The van der Waals surface area contributed by atoms with E-state index in [2.05, 4.69) is 27.1 Å². The van der Waals surface area contributed by atoms with Crippen molar-refractivity contribution in [3.63, 3.8) is 0 Å². The van der Waals surface area contributed by atoms with Crippen LogP contribution in [0.15, 0.2) is 6.07 Å². The molecule has 1 saturated heterocycles. The van der Waals surface area contributed by atoms with Crippen LogP contribution >= 0.6 is 0 Å². The third-order valence-corrected chi connectivity index (χ3v) is 3.40. The Labute approximate surface area is 103 Å². The molecule has 0 radical (unpaired) electrons. The number of aryl methyl sites for hydroxylation is 1. The summed E-state index contributed by atoms with van der Waals surface area (Å²) >= 11 is 0. The van der Waals surface area contributed by atoms with Gasteiger partial charge in [0.1, 0.15) is 11.6 Å². The highest BCUT2D eigenvalue weighted by Crippen LogP contribution is 2.17. The minimum atomic E-state index is 0.873. The monoisotopic (exact) mass is 234 g/mol. The number of piperidine rings is 1. The molecule has 0 bridgehead atoms. The lowest BCUT2D eigenvalue weighted by atomic mass is 9.99. The Morgan fingerprint density at radius 2 is 2.06 bits per heavy atom. The predicted octanol–water partition coefficient (Wildman–Crippen LogP) is 2.06. The molecule has 0 amide bonds. The third-order valence-electron chi connectivity index (χ3n) is 3.40. The van der Waals surface area contributed by atoms with E-state index in [0.717, 1.165) is 29.8 Å². The highest BCUT2D eigenvalue weighted by Gasteiger charge is 2.16. The van der Waals surface area contributed by atoms with E-state index in [1.54, 1.807) is 0 Å². The Morgan fingerprint density at radius 1 is 1.35 bits per heavy atom. The van der Waals surface area contributed by atoms with Crippen LogP contribution in [0.5, 0.6) is 0 Å². The second kappa shape index (κ2) is 5.45. The minimum absolute atomic E-state index is 0.873. The maximum absolute atomic E-state index is 4.50. The molecule has 0 atom stereocenters. The normalized spacial score (nSPS) is 18.3. The molecule has 4 heteroatoms. The molecular weight excluding hydrogens is 212 g/mol. The smallest absolute Gasteiger partial charge is 0.144 e. The lowest BCUT2D eigenvalue weighted by molar-refractivity contribution is 0.181. The first kappa shape index (κ1) is 12.3. The quantitative estimate of drug-likeness (QED) is 0.869. The zero-order valence-corrected chi connectivity index (χ0v) is 11.0. The van der Waals surface area contributed by atoms with Crippen molar-refractivity contribution < 1.29 is 0 Å². The van der Waals surface area contributed by atoms with Crippen LogP contribution in [-0.2, 0) is 6.54 Å². The molecule has 1 aromatic rings. The summed E-state index contributed by atoms with van der Waals surface area (Å²) in [6.07, 6.45) is 2.59. The fourth-order valence-electron chi connectivity index (χ4n) is 2.25. The number of aromatic nitrogens is 2. The molecule has 0 saturated carbocycles. The van der Waals surface area contributed by atoms with Crippen molar-refractivity contribution in [3.8, 4) is 0 Å². The lowest BCUT2D eigenvalue weighted by Gasteiger charge is -2.29. The number of nitrogens with zero attached hydrogens (tertiary/aromatic N) is 3. The van der Waals surface area contributed by atoms with Gasteiger partial charge in [-0.05, 0) is 38.8 Å². The van der Waals surface area contributed by atoms with Gasteiger partial charge in [-0.1, -0.05) is 6.92 Å². The van der Waals surface area contributed by atoms with E-state index >= 15 is 0 Å². The summed E-state index contributed by atoms with van der Waals surface area (Å²) in [7, 11) is 1.90. The van der Waals surface area contributed by atoms with Gasteiger partial charge in [-0.2, -0.15) is 0 Å². The molecule has 0 aromatic carbocycles. The SMILES string of the molecule is CNc1cc(C)nc(CN2CCC(C)CC2)n1. The van der Waals surface area contributed by atoms with Crippen molar-refractivity contribution in [2.75, 3.05) is 25.5 Å². The Morgan fingerprint density at radius 3 is 2.71 bits per heavy atom. The van der Waals surface area contributed by atoms with Gasteiger partial charge >= 0.3 is 0 Å². The predicted molar refractivity (Wildman–Crippen MR) is 70.0 cm³/mol. The number of hydrogen-bond acceptors (Lipinski definition) is 4. The maximum Gasteiger partial charge on any atom is 0.144 e. The van der Waals surface area contributed by atoms with E-state index < -0.39 is 0 Å². The van der Waals surface area contributed by atoms with E-state index in [0.29, 0.717) is 0 Å². The van der Waals surface area contributed by atoms with E-state index in [4.69, 9.17) is 0 Å². The van der Waals surface area contributed by atoms with E-state index in [1.807, 2.05) is 20.0 Å². The van der Waals surface area contributed by atoms with Crippen LogP contribution in [0.3, 0.4) is 0 Å². The number of anilines is 1. The Kier molecular flexibility index (Phi) is 3.94. The van der Waals surface area contributed by atoms with Crippen LogP contribution in [0.25, 0.3) is 0 Å². The highest BCUT2D eigenvalue weighted by atomic mass is 15.2. The highest BCUT2D eigenvalue weighted by molar-refractivity contribution is 5.34. The van der Waals surface area contributed by atoms with Gasteiger partial charge < -0.3 is 5.32 Å². The van der Waals surface area contributed by atoms with Gasteiger partial charge in [-0.3, -0.25) is 4.90 Å². The summed E-state index contributed by atoms with van der Waals surface area (Å²) in [6.45, 7) is 7.58. The molecule has 1 N–H and O–H groups in total. The average Bonchev–Trinajstić information content (AvgIpc) is 2.31. The fourth-order valence-corrected chi connectivity index (χ4v) is 2.25. The molecule has 1 fully saturated rings. The summed E-state index contributed by atoms with van der Waals surface area (Å²) in [4.78, 5) is 11.5. The molecule has 17 heavy (non-hydrogen) atoms. The average molecular weight is 234 g/mol. The zero-order chi connectivity index (χ0) is 12.3. The summed E-state index contributed by atoms with van der Waals surface area (Å²) in [6, 6.07) is 1.97. The molecule has 2 rings (SSSR count). The van der Waals surface area contributed by atoms with Crippen molar-refractivity contribution in [2.45, 2.75) is 33.2 Å². The van der Waals surface area contributed by atoms with Gasteiger partial charge in [0.2, 0.25) is 0 Å². The largest absolute Gasteiger partial charge is 0.373 e. The summed E-state index contributed by atoms with van der Waals surface area (Å²) in [5.74, 6) is 2.72. The van der Waals surface area contributed by atoms with E-state index in [-0.39, 0.29) is 0 Å². The zero-order valence-electron chi connectivity index (χ0n) is 11.0. The minimum Gasteiger partial charge on any atom is -0.373 e. The van der Waals surface area contributed by atoms with Crippen molar-refractivity contribution in [1.29, 1.82) is 0 Å². The number of nitrogens with one attached hydrogen (secondary N) is 1. The van der Waals surface area contributed by atoms with Crippen LogP contribution < -0.4 is 5.32 Å². The molecular formula is C13H22N4. The van der Waals surface area contributed by atoms with Gasteiger partial charge in [0.05, 0.1) is 6.54 Å². The first-order chi connectivity index (χ1) is 8.17. The fraction of sp³-hybridized carbons (Fsp3) is 0.692. The number of likely N-dealkylation sites (tertiary alicyclic amines) is 1. The van der Waals surface area contributed by atoms with Crippen molar-refractivity contribution in [1.82, 2.24) is 14.9 Å². The molecule has 1 aromatic heterocycles. The van der Waals surface area contributed by atoms with Crippen molar-refractivity contribution in [2.24, 2.45) is 5.92 Å². The molecule has 1 aliphatic rings. The van der Waals surface area contributed by atoms with Gasteiger partial charge in [-0.25, -0.2) is 9.97 Å². The number of hydrogen-bond donors (Lipinski definition) is 1. The topological polar surface area (TPSA) is 41.1 Å². The molecule has 0 spiro atoms. The van der Waals surface area contributed by atoms with E-state index in [9.17, 15) is 0 Å². The molecule has 0 aliphatic carbocycles. The summed E-state index contributed by atoms with van der Waals surface area (Å²) in [5.41, 5.74) is 1.03. The molecule has 0 unspecified atom stereocenters. The van der Waals surface area contributed by atoms with Crippen molar-refractivity contribution >= 4 is 5.82 Å². The Hall–Kier alpha value is -1.16. The standard InChI is InChI=1S/C13H22N4/c1-10-4-6-17(7-5-10)9-13-15-11(2)8-12(14-3)16-13/h8,10H,4-7,9H2,1-3H3,(H,14,15,16). The van der Waals surface area contributed by atoms with Crippen molar-refractivity contribution in [3.05, 3.63) is 17.6 Å².